The van der Waals surface area contributed by atoms with Crippen LogP contribution < -0.4 is 0 Å². The van der Waals surface area contributed by atoms with E-state index in [2.05, 4.69) is 24.0 Å². The minimum Gasteiger partial charge on any atom is -0.340 e. The lowest BCUT2D eigenvalue weighted by molar-refractivity contribution is -0.133. The van der Waals surface area contributed by atoms with E-state index in [-0.39, 0.29) is 30.6 Å². The quantitative estimate of drug-likeness (QED) is 0.551. The van der Waals surface area contributed by atoms with Gasteiger partial charge in [-0.05, 0) is 26.0 Å². The summed E-state index contributed by atoms with van der Waals surface area (Å²) in [6.45, 7) is 7.24. The predicted octanol–water partition coefficient (Wildman–Crippen LogP) is 4.47. The highest BCUT2D eigenvalue weighted by atomic mass is 32.1. The average molecular weight is 422 g/mol. The highest BCUT2D eigenvalue weighted by Crippen LogP contribution is 2.30. The number of piperazine rings is 1. The molecule has 5 nitrogen and oxygen atoms in total. The van der Waals surface area contributed by atoms with E-state index in [1.54, 1.807) is 11.3 Å². The molecular formula is C24H27N3O2S. The van der Waals surface area contributed by atoms with Crippen LogP contribution in [0.4, 0.5) is 0 Å². The van der Waals surface area contributed by atoms with Gasteiger partial charge in [0.25, 0.3) is 0 Å². The first-order valence-corrected chi connectivity index (χ1v) is 11.3. The van der Waals surface area contributed by atoms with Crippen molar-refractivity contribution in [3.8, 4) is 0 Å². The molecular weight excluding hydrogens is 394 g/mol. The summed E-state index contributed by atoms with van der Waals surface area (Å²) in [4.78, 5) is 34.0. The molecule has 3 aromatic rings. The van der Waals surface area contributed by atoms with Crippen LogP contribution >= 0.6 is 11.3 Å². The number of hydrogen-bond donors (Lipinski definition) is 0. The molecule has 2 aromatic carbocycles. The standard InChI is InChI=1S/C24H27N3O2S/c1-17-7-9-19(10-8-17)21(28)11-12-23(29)27-15-13-26(14-16-27)18(2)24-25-20-5-3-4-6-22(20)30-24/h3-10,18H,11-16H2,1-2H3/t18-/m0/s1. The summed E-state index contributed by atoms with van der Waals surface area (Å²) >= 11 is 1.75. The predicted molar refractivity (Wildman–Crippen MR) is 121 cm³/mol. The first-order valence-electron chi connectivity index (χ1n) is 10.5. The van der Waals surface area contributed by atoms with Crippen molar-refractivity contribution in [3.05, 3.63) is 64.7 Å². The maximum absolute atomic E-state index is 12.6. The normalized spacial score (nSPS) is 16.0. The van der Waals surface area contributed by atoms with Gasteiger partial charge in [-0.3, -0.25) is 14.5 Å². The summed E-state index contributed by atoms with van der Waals surface area (Å²) in [5, 5.41) is 1.12. The average Bonchev–Trinajstić information content (AvgIpc) is 3.21. The van der Waals surface area contributed by atoms with Crippen molar-refractivity contribution in [1.82, 2.24) is 14.8 Å². The van der Waals surface area contributed by atoms with Gasteiger partial charge in [0.2, 0.25) is 5.91 Å². The number of Topliss-reactive ketones (excluding diaryl/α,β-unsaturated/α-hetero) is 1. The highest BCUT2D eigenvalue weighted by molar-refractivity contribution is 7.18. The number of para-hydroxylation sites is 1. The maximum atomic E-state index is 12.6. The minimum atomic E-state index is 0.0337. The van der Waals surface area contributed by atoms with E-state index >= 15 is 0 Å². The molecule has 0 saturated carbocycles. The number of amides is 1. The molecule has 156 valence electrons. The Bertz CT molecular complexity index is 1000. The van der Waals surface area contributed by atoms with Gasteiger partial charge in [-0.15, -0.1) is 11.3 Å². The molecule has 0 N–H and O–H groups in total. The molecule has 1 aliphatic rings. The molecule has 1 amide bonds. The summed E-state index contributed by atoms with van der Waals surface area (Å²) < 4.78 is 1.21. The Morgan fingerprint density at radius 3 is 2.40 bits per heavy atom. The second-order valence-electron chi connectivity index (χ2n) is 7.90. The Labute approximate surface area is 181 Å². The molecule has 1 aliphatic heterocycles. The molecule has 0 bridgehead atoms. The summed E-state index contributed by atoms with van der Waals surface area (Å²) in [6.07, 6.45) is 0.546. The number of fused-ring (bicyclic) bond motifs is 1. The van der Waals surface area contributed by atoms with Crippen LogP contribution in [0.5, 0.6) is 0 Å². The Morgan fingerprint density at radius 1 is 1.00 bits per heavy atom. The van der Waals surface area contributed by atoms with E-state index in [0.29, 0.717) is 18.7 Å². The first-order chi connectivity index (χ1) is 14.5. The summed E-state index contributed by atoms with van der Waals surface area (Å²) in [5.41, 5.74) is 2.86. The largest absolute Gasteiger partial charge is 0.340 e. The van der Waals surface area contributed by atoms with E-state index in [0.717, 1.165) is 29.2 Å². The van der Waals surface area contributed by atoms with Crippen LogP contribution in [0.1, 0.15) is 46.7 Å². The zero-order valence-electron chi connectivity index (χ0n) is 17.5. The van der Waals surface area contributed by atoms with Crippen molar-refractivity contribution in [2.24, 2.45) is 0 Å². The third-order valence-corrected chi connectivity index (χ3v) is 7.03. The Balaban J connectivity index is 1.27. The van der Waals surface area contributed by atoms with E-state index in [4.69, 9.17) is 4.98 Å². The monoisotopic (exact) mass is 421 g/mol. The maximum Gasteiger partial charge on any atom is 0.223 e. The fourth-order valence-corrected chi connectivity index (χ4v) is 4.90. The van der Waals surface area contributed by atoms with Gasteiger partial charge in [0.15, 0.2) is 5.78 Å². The number of ketones is 1. The zero-order valence-corrected chi connectivity index (χ0v) is 18.3. The number of rotatable bonds is 6. The molecule has 2 heterocycles. The van der Waals surface area contributed by atoms with E-state index in [1.807, 2.05) is 48.2 Å². The topological polar surface area (TPSA) is 53.5 Å². The number of benzene rings is 2. The molecule has 30 heavy (non-hydrogen) atoms. The Morgan fingerprint density at radius 2 is 1.70 bits per heavy atom. The van der Waals surface area contributed by atoms with Gasteiger partial charge in [0.1, 0.15) is 5.01 Å². The van der Waals surface area contributed by atoms with Crippen LogP contribution in [0.15, 0.2) is 48.5 Å². The lowest BCUT2D eigenvalue weighted by Gasteiger charge is -2.37. The van der Waals surface area contributed by atoms with Crippen molar-refractivity contribution in [3.63, 3.8) is 0 Å². The van der Waals surface area contributed by atoms with Gasteiger partial charge in [-0.2, -0.15) is 0 Å². The molecule has 0 spiro atoms. The number of hydrogen-bond acceptors (Lipinski definition) is 5. The summed E-state index contributed by atoms with van der Waals surface area (Å²) in [7, 11) is 0. The molecule has 1 saturated heterocycles. The molecule has 1 fully saturated rings. The van der Waals surface area contributed by atoms with Crippen LogP contribution in [-0.2, 0) is 4.79 Å². The van der Waals surface area contributed by atoms with Crippen molar-refractivity contribution in [2.75, 3.05) is 26.2 Å². The fourth-order valence-electron chi connectivity index (χ4n) is 3.85. The molecule has 0 radical (unpaired) electrons. The van der Waals surface area contributed by atoms with Gasteiger partial charge < -0.3 is 4.90 Å². The highest BCUT2D eigenvalue weighted by Gasteiger charge is 2.26. The van der Waals surface area contributed by atoms with Crippen LogP contribution in [0, 0.1) is 6.92 Å². The van der Waals surface area contributed by atoms with E-state index in [1.165, 1.54) is 4.70 Å². The molecule has 1 aromatic heterocycles. The number of carbonyl (C=O) groups excluding carboxylic acids is 2. The van der Waals surface area contributed by atoms with Gasteiger partial charge >= 0.3 is 0 Å². The third kappa shape index (κ3) is 4.60. The van der Waals surface area contributed by atoms with Crippen molar-refractivity contribution in [2.45, 2.75) is 32.7 Å². The van der Waals surface area contributed by atoms with Gasteiger partial charge in [0.05, 0.1) is 16.3 Å². The number of aromatic nitrogens is 1. The SMILES string of the molecule is Cc1ccc(C(=O)CCC(=O)N2CCN([C@@H](C)c3nc4ccccc4s3)CC2)cc1. The third-order valence-electron chi connectivity index (χ3n) is 5.82. The minimum absolute atomic E-state index is 0.0337. The second-order valence-corrected chi connectivity index (χ2v) is 8.96. The molecule has 4 rings (SSSR count). The molecule has 0 unspecified atom stereocenters. The van der Waals surface area contributed by atoms with Gasteiger partial charge in [0, 0.05) is 44.6 Å². The molecule has 6 heteroatoms. The number of aryl methyl sites for hydroxylation is 1. The van der Waals surface area contributed by atoms with Crippen molar-refractivity contribution >= 4 is 33.2 Å². The fraction of sp³-hybridized carbons (Fsp3) is 0.375. The number of carbonyl (C=O) groups is 2. The number of nitrogens with zero attached hydrogens (tertiary/aromatic N) is 3. The lowest BCUT2D eigenvalue weighted by atomic mass is 10.0. The molecule has 1 atom stereocenters. The smallest absolute Gasteiger partial charge is 0.223 e. The Kier molecular flexibility index (Phi) is 6.25. The number of thiazole rings is 1. The van der Waals surface area contributed by atoms with Crippen LogP contribution in [-0.4, -0.2) is 52.7 Å². The van der Waals surface area contributed by atoms with Crippen LogP contribution in [0.25, 0.3) is 10.2 Å². The van der Waals surface area contributed by atoms with Crippen LogP contribution in [0.3, 0.4) is 0 Å². The van der Waals surface area contributed by atoms with Crippen molar-refractivity contribution < 1.29 is 9.59 Å². The Hall–Kier alpha value is -2.57. The first kappa shape index (κ1) is 20.7. The zero-order chi connectivity index (χ0) is 21.1. The molecule has 0 aliphatic carbocycles. The second kappa shape index (κ2) is 9.06. The van der Waals surface area contributed by atoms with E-state index in [9.17, 15) is 9.59 Å². The summed E-state index contributed by atoms with van der Waals surface area (Å²) in [6, 6.07) is 16.0. The lowest BCUT2D eigenvalue weighted by Crippen LogP contribution is -2.49. The van der Waals surface area contributed by atoms with Gasteiger partial charge in [-0.1, -0.05) is 42.0 Å². The van der Waals surface area contributed by atoms with Gasteiger partial charge in [-0.25, -0.2) is 4.98 Å². The van der Waals surface area contributed by atoms with E-state index < -0.39 is 0 Å². The van der Waals surface area contributed by atoms with Crippen molar-refractivity contribution in [1.29, 1.82) is 0 Å². The summed E-state index contributed by atoms with van der Waals surface area (Å²) in [5.74, 6) is 0.106. The van der Waals surface area contributed by atoms with Crippen LogP contribution in [0.2, 0.25) is 0 Å².